The highest BCUT2D eigenvalue weighted by Gasteiger charge is 2.36. The molecule has 1 N–H and O–H groups in total. The van der Waals surface area contributed by atoms with Crippen LogP contribution in [-0.4, -0.2) is 61.4 Å². The van der Waals surface area contributed by atoms with E-state index in [0.29, 0.717) is 26.1 Å². The number of halogens is 1. The van der Waals surface area contributed by atoms with E-state index in [-0.39, 0.29) is 47.7 Å². The number of esters is 1. The quantitative estimate of drug-likeness (QED) is 0.283. The van der Waals surface area contributed by atoms with Crippen molar-refractivity contribution < 1.29 is 14.3 Å². The number of benzene rings is 1. The minimum Gasteiger partial charge on any atom is -0.469 e. The summed E-state index contributed by atoms with van der Waals surface area (Å²) in [5.74, 6) is 0.984. The molecule has 2 unspecified atom stereocenters. The van der Waals surface area contributed by atoms with Crippen LogP contribution in [-0.2, 0) is 27.4 Å². The van der Waals surface area contributed by atoms with Gasteiger partial charge in [0.15, 0.2) is 5.96 Å². The third-order valence-electron chi connectivity index (χ3n) is 5.61. The number of methoxy groups -OCH3 is 1. The van der Waals surface area contributed by atoms with E-state index in [9.17, 15) is 9.59 Å². The van der Waals surface area contributed by atoms with Crippen molar-refractivity contribution >= 4 is 41.8 Å². The van der Waals surface area contributed by atoms with Crippen molar-refractivity contribution in [3.8, 4) is 0 Å². The molecule has 0 saturated carbocycles. The Kier molecular flexibility index (Phi) is 8.73. The van der Waals surface area contributed by atoms with E-state index in [0.717, 1.165) is 36.6 Å². The summed E-state index contributed by atoms with van der Waals surface area (Å²) in [6.45, 7) is 5.62. The normalized spacial score (nSPS) is 21.9. The van der Waals surface area contributed by atoms with Crippen molar-refractivity contribution in [2.45, 2.75) is 32.9 Å². The molecule has 1 amide bonds. The number of nitrogens with one attached hydrogen (secondary N) is 1. The Morgan fingerprint density at radius 1 is 1.31 bits per heavy atom. The molecule has 0 radical (unpaired) electrons. The highest BCUT2D eigenvalue weighted by atomic mass is 127. The number of guanidine groups is 1. The number of aliphatic imine (C=N–C) groups is 1. The van der Waals surface area contributed by atoms with Gasteiger partial charge in [-0.2, -0.15) is 0 Å². The van der Waals surface area contributed by atoms with E-state index in [1.165, 1.54) is 7.11 Å². The van der Waals surface area contributed by atoms with Gasteiger partial charge in [0, 0.05) is 46.2 Å². The predicted octanol–water partition coefficient (Wildman–Crippen LogP) is 2.24. The minimum atomic E-state index is -0.158. The van der Waals surface area contributed by atoms with E-state index in [1.54, 1.807) is 7.05 Å². The second-order valence-corrected chi connectivity index (χ2v) is 7.65. The van der Waals surface area contributed by atoms with E-state index < -0.39 is 0 Å². The van der Waals surface area contributed by atoms with Crippen molar-refractivity contribution in [2.75, 3.05) is 33.8 Å². The third kappa shape index (κ3) is 5.83. The van der Waals surface area contributed by atoms with Gasteiger partial charge < -0.3 is 19.9 Å². The first-order valence-electron chi connectivity index (χ1n) is 9.91. The van der Waals surface area contributed by atoms with Crippen molar-refractivity contribution in [3.63, 3.8) is 0 Å². The molecule has 0 bridgehead atoms. The van der Waals surface area contributed by atoms with Crippen LogP contribution in [0.1, 0.15) is 30.9 Å². The largest absolute Gasteiger partial charge is 0.469 e. The number of amides is 1. The zero-order valence-electron chi connectivity index (χ0n) is 17.4. The van der Waals surface area contributed by atoms with Crippen molar-refractivity contribution in [2.24, 2.45) is 16.8 Å². The molecule has 1 aromatic rings. The van der Waals surface area contributed by atoms with Gasteiger partial charge in [-0.15, -0.1) is 24.0 Å². The van der Waals surface area contributed by atoms with E-state index in [1.807, 2.05) is 11.0 Å². The van der Waals surface area contributed by atoms with Crippen LogP contribution in [0.5, 0.6) is 0 Å². The van der Waals surface area contributed by atoms with Gasteiger partial charge in [-0.25, -0.2) is 0 Å². The van der Waals surface area contributed by atoms with Gasteiger partial charge in [0.25, 0.3) is 0 Å². The first-order chi connectivity index (χ1) is 13.5. The number of ether oxygens (including phenoxy) is 1. The summed E-state index contributed by atoms with van der Waals surface area (Å²) in [6, 6.07) is 8.29. The van der Waals surface area contributed by atoms with Gasteiger partial charge in [0.1, 0.15) is 0 Å². The average Bonchev–Trinajstić information content (AvgIpc) is 3.28. The molecular formula is C21H31IN4O3. The van der Waals surface area contributed by atoms with Crippen LogP contribution in [0.25, 0.3) is 0 Å². The number of rotatable bonds is 5. The van der Waals surface area contributed by atoms with Gasteiger partial charge >= 0.3 is 5.97 Å². The fourth-order valence-corrected chi connectivity index (χ4v) is 4.04. The Labute approximate surface area is 189 Å². The van der Waals surface area contributed by atoms with E-state index >= 15 is 0 Å². The maximum Gasteiger partial charge on any atom is 0.310 e. The Balaban J connectivity index is 0.00000300. The Morgan fingerprint density at radius 3 is 2.72 bits per heavy atom. The van der Waals surface area contributed by atoms with Gasteiger partial charge in [0.2, 0.25) is 5.91 Å². The predicted molar refractivity (Wildman–Crippen MR) is 123 cm³/mol. The van der Waals surface area contributed by atoms with Crippen LogP contribution in [0.2, 0.25) is 0 Å². The molecule has 0 aromatic heterocycles. The van der Waals surface area contributed by atoms with Crippen LogP contribution in [0, 0.1) is 11.8 Å². The molecule has 2 fully saturated rings. The molecule has 2 aliphatic rings. The monoisotopic (exact) mass is 514 g/mol. The van der Waals surface area contributed by atoms with Crippen LogP contribution in [0.4, 0.5) is 0 Å². The fraction of sp³-hybridized carbons (Fsp3) is 0.571. The Hall–Kier alpha value is -1.84. The maximum atomic E-state index is 11.9. The zero-order chi connectivity index (χ0) is 20.1. The SMILES string of the molecule is CN=C(NCc1cccc(CN2CCCC2=O)c1)N1CC(C)C(C(=O)OC)C1.I. The fourth-order valence-electron chi connectivity index (χ4n) is 4.04. The molecule has 2 heterocycles. The topological polar surface area (TPSA) is 74.2 Å². The van der Waals surface area contributed by atoms with E-state index in [2.05, 4.69) is 40.3 Å². The molecule has 160 valence electrons. The van der Waals surface area contributed by atoms with Crippen molar-refractivity contribution in [3.05, 3.63) is 35.4 Å². The lowest BCUT2D eigenvalue weighted by Crippen LogP contribution is -2.40. The van der Waals surface area contributed by atoms with E-state index in [4.69, 9.17) is 4.74 Å². The van der Waals surface area contributed by atoms with Crippen molar-refractivity contribution in [1.29, 1.82) is 0 Å². The lowest BCUT2D eigenvalue weighted by Gasteiger charge is -2.22. The van der Waals surface area contributed by atoms with Gasteiger partial charge in [0.05, 0.1) is 13.0 Å². The minimum absolute atomic E-state index is 0. The highest BCUT2D eigenvalue weighted by Crippen LogP contribution is 2.24. The Morgan fingerprint density at radius 2 is 2.07 bits per heavy atom. The average molecular weight is 514 g/mol. The second-order valence-electron chi connectivity index (χ2n) is 7.65. The number of likely N-dealkylation sites (tertiary alicyclic amines) is 2. The second kappa shape index (κ2) is 10.8. The summed E-state index contributed by atoms with van der Waals surface area (Å²) >= 11 is 0. The molecule has 8 heteroatoms. The highest BCUT2D eigenvalue weighted by molar-refractivity contribution is 14.0. The smallest absolute Gasteiger partial charge is 0.310 e. The van der Waals surface area contributed by atoms with Crippen LogP contribution in [0.15, 0.2) is 29.3 Å². The van der Waals surface area contributed by atoms with Crippen LogP contribution < -0.4 is 5.32 Å². The molecule has 0 aliphatic carbocycles. The van der Waals surface area contributed by atoms with Crippen LogP contribution >= 0.6 is 24.0 Å². The molecule has 2 atom stereocenters. The van der Waals surface area contributed by atoms with Gasteiger partial charge in [-0.05, 0) is 23.5 Å². The Bertz CT molecular complexity index is 755. The lowest BCUT2D eigenvalue weighted by atomic mass is 9.99. The summed E-state index contributed by atoms with van der Waals surface area (Å²) in [7, 11) is 3.20. The molecule has 29 heavy (non-hydrogen) atoms. The molecule has 2 saturated heterocycles. The molecule has 7 nitrogen and oxygen atoms in total. The molecule has 2 aliphatic heterocycles. The van der Waals surface area contributed by atoms with Gasteiger partial charge in [-0.1, -0.05) is 31.2 Å². The summed E-state index contributed by atoms with van der Waals surface area (Å²) in [6.07, 6.45) is 1.62. The number of hydrogen-bond acceptors (Lipinski definition) is 4. The van der Waals surface area contributed by atoms with Gasteiger partial charge in [-0.3, -0.25) is 14.6 Å². The number of hydrogen-bond donors (Lipinski definition) is 1. The standard InChI is InChI=1S/C21H30N4O3.HI/c1-15-12-25(14-18(15)20(27)28-3)21(22-2)23-11-16-6-4-7-17(10-16)13-24-9-5-8-19(24)26;/h4,6-7,10,15,18H,5,8-9,11-14H2,1-3H3,(H,22,23);1H. The number of nitrogens with zero attached hydrogens (tertiary/aromatic N) is 3. The summed E-state index contributed by atoms with van der Waals surface area (Å²) < 4.78 is 4.92. The summed E-state index contributed by atoms with van der Waals surface area (Å²) in [4.78, 5) is 32.2. The lowest BCUT2D eigenvalue weighted by molar-refractivity contribution is -0.146. The van der Waals surface area contributed by atoms with Crippen molar-refractivity contribution in [1.82, 2.24) is 15.1 Å². The first kappa shape index (κ1) is 23.4. The number of carbonyl (C=O) groups is 2. The molecule has 0 spiro atoms. The molecule has 1 aromatic carbocycles. The zero-order valence-corrected chi connectivity index (χ0v) is 19.7. The molecular weight excluding hydrogens is 483 g/mol. The van der Waals surface area contributed by atoms with Crippen LogP contribution in [0.3, 0.4) is 0 Å². The third-order valence-corrected chi connectivity index (χ3v) is 5.61. The molecule has 3 rings (SSSR count). The number of carbonyl (C=O) groups excluding carboxylic acids is 2. The first-order valence-corrected chi connectivity index (χ1v) is 9.91. The maximum absolute atomic E-state index is 11.9. The summed E-state index contributed by atoms with van der Waals surface area (Å²) in [5.41, 5.74) is 2.28. The summed E-state index contributed by atoms with van der Waals surface area (Å²) in [5, 5.41) is 3.40.